The molecule has 0 saturated heterocycles. The van der Waals surface area contributed by atoms with E-state index in [1.807, 2.05) is 283 Å². The van der Waals surface area contributed by atoms with Gasteiger partial charge >= 0.3 is 0 Å². The summed E-state index contributed by atoms with van der Waals surface area (Å²) in [6, 6.07) is 107. The zero-order valence-corrected chi connectivity index (χ0v) is 70.7. The van der Waals surface area contributed by atoms with Gasteiger partial charge in [-0.3, -0.25) is 0 Å². The third-order valence-electron chi connectivity index (χ3n) is 13.6. The predicted molar refractivity (Wildman–Crippen MR) is 479 cm³/mol. The Balaban J connectivity index is -0.00000122. The van der Waals surface area contributed by atoms with E-state index in [2.05, 4.69) is 245 Å². The Morgan fingerprint density at radius 1 is 0.142 bits per heavy atom. The number of nitrogens with zero attached hydrogens (tertiary/aromatic N) is 5. The first-order valence-corrected chi connectivity index (χ1v) is 39.6. The van der Waals surface area contributed by atoms with Gasteiger partial charge in [-0.25, -0.2) is 24.9 Å². The molecule has 5 heteroatoms. The Morgan fingerprint density at radius 3 is 0.566 bits per heavy atom. The van der Waals surface area contributed by atoms with Crippen molar-refractivity contribution in [2.45, 2.75) is 194 Å². The summed E-state index contributed by atoms with van der Waals surface area (Å²) >= 11 is 0. The van der Waals surface area contributed by atoms with Crippen LogP contribution in [0, 0.1) is 27.7 Å². The van der Waals surface area contributed by atoms with Gasteiger partial charge in [-0.15, -0.1) is 0 Å². The molecular weight excluding hydrogens is 1280 g/mol. The molecule has 2 heterocycles. The maximum absolute atomic E-state index is 4.55. The van der Waals surface area contributed by atoms with Gasteiger partial charge in [-0.2, -0.15) is 0 Å². The molecule has 0 bridgehead atoms. The van der Waals surface area contributed by atoms with E-state index in [4.69, 9.17) is 0 Å². The van der Waals surface area contributed by atoms with Crippen molar-refractivity contribution in [3.63, 3.8) is 0 Å². The molecule has 0 aliphatic rings. The smallest absolute Gasteiger partial charge is 0.163 e. The standard InChI is InChI=1S/C25H20.C19H16.C17H14N2.C16H13N3.12C2H6/c1-19-12-14-22(15-13-19)25-17-23(20-8-4-2-5-9-20)16-24(18-25)21-10-6-3-7-11-21;1-15-12-18(16-8-4-2-5-9-16)14-19(13-15)17-10-6-3-7-11-17;1-13-18-16(14-8-4-2-5-9-14)12-17(19-13)15-10-6-3-7-11-15;1-12-17-15(13-8-4-2-5-9-13)19-16(18-12)14-10-6-3-7-11-14;12*1-2/h2-18H,1H3;2-14H,1H3;2-12H,1H3;2-11H,1H3;12*1-2H3. The Kier molecular flexibility index (Phi) is 62.5. The van der Waals surface area contributed by atoms with Gasteiger partial charge in [-0.05, 0) is 119 Å². The lowest BCUT2D eigenvalue weighted by molar-refractivity contribution is 0.992. The van der Waals surface area contributed by atoms with Crippen molar-refractivity contribution in [2.24, 2.45) is 0 Å². The quantitative estimate of drug-likeness (QED) is 0.144. The molecule has 0 fully saturated rings. The molecule has 106 heavy (non-hydrogen) atoms. The second-order valence-corrected chi connectivity index (χ2v) is 19.9. The summed E-state index contributed by atoms with van der Waals surface area (Å²) in [6.45, 7) is 56.1. The molecule has 13 rings (SSSR count). The van der Waals surface area contributed by atoms with Crippen LogP contribution in [0.4, 0.5) is 0 Å². The number of rotatable bonds is 9. The van der Waals surface area contributed by atoms with E-state index in [9.17, 15) is 0 Å². The van der Waals surface area contributed by atoms with Gasteiger partial charge in [0.05, 0.1) is 11.4 Å². The van der Waals surface area contributed by atoms with E-state index >= 15 is 0 Å². The highest BCUT2D eigenvalue weighted by atomic mass is 15.0. The van der Waals surface area contributed by atoms with E-state index < -0.39 is 0 Å². The van der Waals surface area contributed by atoms with Crippen LogP contribution in [0.3, 0.4) is 0 Å². The van der Waals surface area contributed by atoms with E-state index in [0.29, 0.717) is 11.6 Å². The highest BCUT2D eigenvalue weighted by Gasteiger charge is 2.11. The lowest BCUT2D eigenvalue weighted by Gasteiger charge is -2.11. The summed E-state index contributed by atoms with van der Waals surface area (Å²) in [4.78, 5) is 22.4. The minimum atomic E-state index is 0.715. The first-order valence-electron chi connectivity index (χ1n) is 39.6. The van der Waals surface area contributed by atoms with E-state index in [1.165, 1.54) is 66.8 Å². The van der Waals surface area contributed by atoms with Crippen LogP contribution in [0.15, 0.2) is 309 Å². The van der Waals surface area contributed by atoms with E-state index in [0.717, 1.165) is 45.3 Å². The zero-order chi connectivity index (χ0) is 80.3. The first-order chi connectivity index (χ1) is 52.3. The highest BCUT2D eigenvalue weighted by Crippen LogP contribution is 2.34. The predicted octanol–water partition coefficient (Wildman–Crippen LogP) is 32.3. The van der Waals surface area contributed by atoms with Gasteiger partial charge < -0.3 is 0 Å². The number of hydrogen-bond donors (Lipinski definition) is 0. The van der Waals surface area contributed by atoms with Crippen molar-refractivity contribution in [1.82, 2.24) is 24.9 Å². The Hall–Kier alpha value is -10.5. The molecule has 0 atom stereocenters. The Bertz CT molecular complexity index is 3540. The summed E-state index contributed by atoms with van der Waals surface area (Å²) in [5, 5.41) is 0. The Morgan fingerprint density at radius 2 is 0.330 bits per heavy atom. The molecule has 0 unspecified atom stereocenters. The normalized spacial score (nSPS) is 8.75. The van der Waals surface area contributed by atoms with Crippen LogP contribution < -0.4 is 0 Å². The molecule has 11 aromatic carbocycles. The fraction of sp³-hybridized carbons (Fsp3) is 0.277. The minimum Gasteiger partial charge on any atom is -0.233 e. The molecule has 0 radical (unpaired) electrons. The van der Waals surface area contributed by atoms with Crippen LogP contribution in [0.2, 0.25) is 0 Å². The maximum Gasteiger partial charge on any atom is 0.163 e. The molecule has 0 saturated carbocycles. The SMILES string of the molecule is CC.CC.CC.CC.CC.CC.CC.CC.CC.CC.CC.CC.Cc1cc(-c2ccccc2)cc(-c2ccccc2)c1.Cc1ccc(-c2cc(-c3ccccc3)cc(-c3ccccc3)c2)cc1.Cc1nc(-c2ccccc2)cc(-c2ccccc2)n1.Cc1nc(-c2ccccc2)nc(-c2ccccc2)n1. The lowest BCUT2D eigenvalue weighted by atomic mass is 9.93. The van der Waals surface area contributed by atoms with Crippen LogP contribution in [0.1, 0.15) is 189 Å². The van der Waals surface area contributed by atoms with Gasteiger partial charge in [0.1, 0.15) is 11.6 Å². The molecule has 13 aromatic rings. The van der Waals surface area contributed by atoms with Gasteiger partial charge in [0.2, 0.25) is 0 Å². The van der Waals surface area contributed by atoms with Crippen molar-refractivity contribution < 1.29 is 0 Å². The molecule has 564 valence electrons. The second-order valence-electron chi connectivity index (χ2n) is 19.9. The van der Waals surface area contributed by atoms with Crippen molar-refractivity contribution in [1.29, 1.82) is 0 Å². The average molecular weight is 1420 g/mol. The third-order valence-corrected chi connectivity index (χ3v) is 13.6. The monoisotopic (exact) mass is 1420 g/mol. The van der Waals surface area contributed by atoms with E-state index in [1.54, 1.807) is 0 Å². The molecule has 0 aliphatic carbocycles. The molecule has 0 N–H and O–H groups in total. The summed E-state index contributed by atoms with van der Waals surface area (Å²) in [6.07, 6.45) is 0. The summed E-state index contributed by atoms with van der Waals surface area (Å²) in [5.74, 6) is 2.95. The first kappa shape index (κ1) is 99.7. The van der Waals surface area contributed by atoms with Crippen LogP contribution in [0.25, 0.3) is 101 Å². The minimum absolute atomic E-state index is 0.715. The third kappa shape index (κ3) is 36.8. The lowest BCUT2D eigenvalue weighted by Crippen LogP contribution is -1.99. The maximum atomic E-state index is 4.55. The van der Waals surface area contributed by atoms with E-state index in [-0.39, 0.29) is 0 Å². The average Bonchev–Trinajstić information content (AvgIpc) is 0.800. The molecule has 0 aliphatic heterocycles. The zero-order valence-electron chi connectivity index (χ0n) is 70.7. The number of benzene rings is 11. The molecule has 0 spiro atoms. The molecule has 0 amide bonds. The van der Waals surface area contributed by atoms with Crippen molar-refractivity contribution in [3.05, 3.63) is 332 Å². The fourth-order valence-electron chi connectivity index (χ4n) is 9.51. The van der Waals surface area contributed by atoms with Crippen LogP contribution in [0.5, 0.6) is 0 Å². The van der Waals surface area contributed by atoms with Crippen molar-refractivity contribution >= 4 is 0 Å². The van der Waals surface area contributed by atoms with Crippen LogP contribution >= 0.6 is 0 Å². The fourth-order valence-corrected chi connectivity index (χ4v) is 9.51. The molecule has 2 aromatic heterocycles. The van der Waals surface area contributed by atoms with Crippen LogP contribution in [-0.4, -0.2) is 24.9 Å². The van der Waals surface area contributed by atoms with Gasteiger partial charge in [0.15, 0.2) is 11.6 Å². The van der Waals surface area contributed by atoms with Crippen molar-refractivity contribution in [3.8, 4) is 101 Å². The van der Waals surface area contributed by atoms with Gasteiger partial charge in [0.25, 0.3) is 0 Å². The summed E-state index contributed by atoms with van der Waals surface area (Å²) in [7, 11) is 0. The van der Waals surface area contributed by atoms with Crippen molar-refractivity contribution in [2.75, 3.05) is 0 Å². The Labute approximate surface area is 648 Å². The number of aromatic nitrogens is 5. The van der Waals surface area contributed by atoms with Gasteiger partial charge in [0, 0.05) is 22.3 Å². The highest BCUT2D eigenvalue weighted by molar-refractivity contribution is 5.81. The second kappa shape index (κ2) is 66.5. The molecule has 5 nitrogen and oxygen atoms in total. The topological polar surface area (TPSA) is 64.5 Å². The largest absolute Gasteiger partial charge is 0.233 e. The van der Waals surface area contributed by atoms with Gasteiger partial charge in [-0.1, -0.05) is 451 Å². The molecular formula is C101H135N5. The number of aryl methyl sites for hydroxylation is 4. The summed E-state index contributed by atoms with van der Waals surface area (Å²) in [5.41, 5.74) is 21.3. The number of hydrogen-bond acceptors (Lipinski definition) is 5. The van der Waals surface area contributed by atoms with Crippen LogP contribution in [-0.2, 0) is 0 Å². The summed E-state index contributed by atoms with van der Waals surface area (Å²) < 4.78 is 0.